The van der Waals surface area contributed by atoms with E-state index in [-0.39, 0.29) is 11.9 Å². The Bertz CT molecular complexity index is 551. The van der Waals surface area contributed by atoms with Crippen molar-refractivity contribution in [3.8, 4) is 0 Å². The normalized spacial score (nSPS) is 17.0. The summed E-state index contributed by atoms with van der Waals surface area (Å²) in [5, 5.41) is 5.21. The monoisotopic (exact) mass is 259 g/mol. The van der Waals surface area contributed by atoms with Crippen molar-refractivity contribution in [3.05, 3.63) is 52.2 Å². The van der Waals surface area contributed by atoms with E-state index in [1.165, 1.54) is 0 Å². The lowest BCUT2D eigenvalue weighted by atomic mass is 10.0. The van der Waals surface area contributed by atoms with Gasteiger partial charge in [-0.1, -0.05) is 24.3 Å². The lowest BCUT2D eigenvalue weighted by Gasteiger charge is -2.09. The van der Waals surface area contributed by atoms with Gasteiger partial charge in [0.2, 0.25) is 0 Å². The highest BCUT2D eigenvalue weighted by atomic mass is 32.1. The molecule has 92 valence electrons. The van der Waals surface area contributed by atoms with Crippen molar-refractivity contribution in [2.75, 3.05) is 11.9 Å². The van der Waals surface area contributed by atoms with Crippen LogP contribution in [0.25, 0.3) is 0 Å². The number of anilines is 1. The smallest absolute Gasteiger partial charge is 0.315 e. The van der Waals surface area contributed by atoms with Crippen LogP contribution in [-0.4, -0.2) is 12.5 Å². The predicted octanol–water partition coefficient (Wildman–Crippen LogP) is 3.00. The van der Waals surface area contributed by atoms with Crippen LogP contribution in [0.4, 0.5) is 5.69 Å². The van der Waals surface area contributed by atoms with Crippen molar-refractivity contribution >= 4 is 23.0 Å². The predicted molar refractivity (Wildman–Crippen MR) is 71.8 cm³/mol. The Morgan fingerprint density at radius 1 is 1.33 bits per heavy atom. The topological polar surface area (TPSA) is 38.3 Å². The molecule has 1 aliphatic rings. The third kappa shape index (κ3) is 2.11. The van der Waals surface area contributed by atoms with Gasteiger partial charge in [0.1, 0.15) is 12.5 Å². The zero-order chi connectivity index (χ0) is 12.4. The zero-order valence-corrected chi connectivity index (χ0v) is 10.6. The van der Waals surface area contributed by atoms with Crippen molar-refractivity contribution < 1.29 is 9.53 Å². The van der Waals surface area contributed by atoms with E-state index in [1.54, 1.807) is 11.3 Å². The molecule has 0 saturated carbocycles. The number of hydrogen-bond donors (Lipinski definition) is 1. The number of carbonyl (C=O) groups excluding carboxylic acids is 1. The molecular weight excluding hydrogens is 246 g/mol. The highest BCUT2D eigenvalue weighted by Crippen LogP contribution is 2.32. The molecule has 0 saturated heterocycles. The molecule has 0 radical (unpaired) electrons. The SMILES string of the molecule is O=C(OCc1cccs1)C1CNc2ccccc21. The number of esters is 1. The molecule has 0 bridgehead atoms. The van der Waals surface area contributed by atoms with Crippen LogP contribution in [0, 0.1) is 0 Å². The van der Waals surface area contributed by atoms with Gasteiger partial charge in [-0.3, -0.25) is 4.79 Å². The third-order valence-electron chi connectivity index (χ3n) is 3.05. The second-order valence-electron chi connectivity index (χ2n) is 4.21. The van der Waals surface area contributed by atoms with E-state index in [2.05, 4.69) is 5.32 Å². The zero-order valence-electron chi connectivity index (χ0n) is 9.76. The molecular formula is C14H13NO2S. The minimum Gasteiger partial charge on any atom is -0.459 e. The van der Waals surface area contributed by atoms with E-state index in [1.807, 2.05) is 41.8 Å². The molecule has 3 rings (SSSR count). The van der Waals surface area contributed by atoms with E-state index in [4.69, 9.17) is 4.74 Å². The molecule has 1 aromatic carbocycles. The average Bonchev–Trinajstić information content (AvgIpc) is 3.05. The van der Waals surface area contributed by atoms with Gasteiger partial charge in [-0.25, -0.2) is 0 Å². The second-order valence-corrected chi connectivity index (χ2v) is 5.24. The maximum absolute atomic E-state index is 12.0. The lowest BCUT2D eigenvalue weighted by Crippen LogP contribution is -2.17. The van der Waals surface area contributed by atoms with Crippen LogP contribution in [0.1, 0.15) is 16.4 Å². The van der Waals surface area contributed by atoms with E-state index < -0.39 is 0 Å². The van der Waals surface area contributed by atoms with E-state index in [0.717, 1.165) is 16.1 Å². The van der Waals surface area contributed by atoms with Crippen LogP contribution >= 0.6 is 11.3 Å². The molecule has 0 fully saturated rings. The van der Waals surface area contributed by atoms with Crippen molar-refractivity contribution in [1.29, 1.82) is 0 Å². The fraction of sp³-hybridized carbons (Fsp3) is 0.214. The van der Waals surface area contributed by atoms with Crippen LogP contribution in [0.5, 0.6) is 0 Å². The van der Waals surface area contributed by atoms with Gasteiger partial charge >= 0.3 is 5.97 Å². The lowest BCUT2D eigenvalue weighted by molar-refractivity contribution is -0.146. The van der Waals surface area contributed by atoms with Gasteiger partial charge in [0.15, 0.2) is 0 Å². The third-order valence-corrected chi connectivity index (χ3v) is 3.90. The molecule has 18 heavy (non-hydrogen) atoms. The Kier molecular flexibility index (Phi) is 3.02. The van der Waals surface area contributed by atoms with Crippen molar-refractivity contribution in [1.82, 2.24) is 0 Å². The molecule has 1 N–H and O–H groups in total. The molecule has 2 aromatic rings. The highest BCUT2D eigenvalue weighted by molar-refractivity contribution is 7.09. The van der Waals surface area contributed by atoms with Crippen LogP contribution < -0.4 is 5.32 Å². The Hall–Kier alpha value is -1.81. The van der Waals surface area contributed by atoms with Gasteiger partial charge in [0.05, 0.1) is 0 Å². The number of nitrogens with one attached hydrogen (secondary N) is 1. The molecule has 4 heteroatoms. The van der Waals surface area contributed by atoms with E-state index in [9.17, 15) is 4.79 Å². The first-order valence-electron chi connectivity index (χ1n) is 5.86. The van der Waals surface area contributed by atoms with Gasteiger partial charge in [-0.15, -0.1) is 11.3 Å². The number of rotatable bonds is 3. The minimum atomic E-state index is -0.179. The first kappa shape index (κ1) is 11.3. The van der Waals surface area contributed by atoms with Crippen molar-refractivity contribution in [3.63, 3.8) is 0 Å². The van der Waals surface area contributed by atoms with Crippen LogP contribution in [0.2, 0.25) is 0 Å². The largest absolute Gasteiger partial charge is 0.459 e. The Labute approximate surface area is 109 Å². The molecule has 3 nitrogen and oxygen atoms in total. The number of ether oxygens (including phenoxy) is 1. The maximum Gasteiger partial charge on any atom is 0.315 e. The van der Waals surface area contributed by atoms with Gasteiger partial charge in [0.25, 0.3) is 0 Å². The Balaban J connectivity index is 1.67. The van der Waals surface area contributed by atoms with Crippen LogP contribution in [-0.2, 0) is 16.1 Å². The number of thiophene rings is 1. The minimum absolute atomic E-state index is 0.152. The highest BCUT2D eigenvalue weighted by Gasteiger charge is 2.29. The van der Waals surface area contributed by atoms with E-state index in [0.29, 0.717) is 13.2 Å². The number of hydrogen-bond acceptors (Lipinski definition) is 4. The summed E-state index contributed by atoms with van der Waals surface area (Å²) in [7, 11) is 0. The summed E-state index contributed by atoms with van der Waals surface area (Å²) in [5.41, 5.74) is 2.07. The van der Waals surface area contributed by atoms with Gasteiger partial charge in [-0.2, -0.15) is 0 Å². The second kappa shape index (κ2) is 4.82. The molecule has 0 spiro atoms. The molecule has 1 unspecified atom stereocenters. The summed E-state index contributed by atoms with van der Waals surface area (Å²) in [6, 6.07) is 11.8. The molecule has 2 heterocycles. The standard InChI is InChI=1S/C14H13NO2S/c16-14(17-9-10-4-3-7-18-10)12-8-15-13-6-2-1-5-11(12)13/h1-7,12,15H,8-9H2. The molecule has 1 aromatic heterocycles. The summed E-state index contributed by atoms with van der Waals surface area (Å²) < 4.78 is 5.36. The quantitative estimate of drug-likeness (QED) is 0.861. The number of carbonyl (C=O) groups is 1. The van der Waals surface area contributed by atoms with Crippen LogP contribution in [0.15, 0.2) is 41.8 Å². The molecule has 0 amide bonds. The molecule has 1 atom stereocenters. The summed E-state index contributed by atoms with van der Waals surface area (Å²) in [6.45, 7) is 0.998. The summed E-state index contributed by atoms with van der Waals surface area (Å²) in [4.78, 5) is 13.1. The molecule has 1 aliphatic heterocycles. The summed E-state index contributed by atoms with van der Waals surface area (Å²) in [5.74, 6) is -0.331. The average molecular weight is 259 g/mol. The van der Waals surface area contributed by atoms with Crippen molar-refractivity contribution in [2.45, 2.75) is 12.5 Å². The maximum atomic E-state index is 12.0. The fourth-order valence-electron chi connectivity index (χ4n) is 2.13. The first-order chi connectivity index (χ1) is 8.84. The van der Waals surface area contributed by atoms with Crippen LogP contribution in [0.3, 0.4) is 0 Å². The molecule has 0 aliphatic carbocycles. The fourth-order valence-corrected chi connectivity index (χ4v) is 2.75. The van der Waals surface area contributed by atoms with Crippen molar-refractivity contribution in [2.24, 2.45) is 0 Å². The first-order valence-corrected chi connectivity index (χ1v) is 6.74. The number of fused-ring (bicyclic) bond motifs is 1. The Morgan fingerprint density at radius 3 is 3.06 bits per heavy atom. The van der Waals surface area contributed by atoms with Gasteiger partial charge < -0.3 is 10.1 Å². The Morgan fingerprint density at radius 2 is 2.22 bits per heavy atom. The summed E-state index contributed by atoms with van der Waals surface area (Å²) in [6.07, 6.45) is 0. The van der Waals surface area contributed by atoms with E-state index >= 15 is 0 Å². The van der Waals surface area contributed by atoms with Gasteiger partial charge in [0, 0.05) is 17.1 Å². The number of para-hydroxylation sites is 1. The van der Waals surface area contributed by atoms with Gasteiger partial charge in [-0.05, 0) is 23.1 Å². The number of benzene rings is 1. The summed E-state index contributed by atoms with van der Waals surface area (Å²) >= 11 is 1.60.